The van der Waals surface area contributed by atoms with E-state index in [4.69, 9.17) is 5.11 Å². The molecule has 19 heavy (non-hydrogen) atoms. The van der Waals surface area contributed by atoms with Gasteiger partial charge >= 0.3 is 12.0 Å². The largest absolute Gasteiger partial charge is 0.480 e. The first kappa shape index (κ1) is 15.0. The van der Waals surface area contributed by atoms with E-state index in [-0.39, 0.29) is 12.6 Å². The minimum Gasteiger partial charge on any atom is -0.480 e. The standard InChI is InChI=1S/C14H20N2O3/c1-9(2)16(8-13(17)18)14(19)15-12-7-10(3)5-6-11(12)4/h5-7,9H,8H2,1-4H3,(H,15,19)(H,17,18). The summed E-state index contributed by atoms with van der Waals surface area (Å²) in [4.78, 5) is 24.2. The van der Waals surface area contributed by atoms with E-state index >= 15 is 0 Å². The van der Waals surface area contributed by atoms with Crippen LogP contribution in [0.25, 0.3) is 0 Å². The lowest BCUT2D eigenvalue weighted by atomic mass is 10.1. The second kappa shape index (κ2) is 6.22. The number of carboxylic acid groups (broad SMARTS) is 1. The molecule has 1 aromatic carbocycles. The van der Waals surface area contributed by atoms with Gasteiger partial charge in [-0.3, -0.25) is 4.79 Å². The van der Waals surface area contributed by atoms with Gasteiger partial charge in [-0.2, -0.15) is 0 Å². The summed E-state index contributed by atoms with van der Waals surface area (Å²) in [5.41, 5.74) is 2.69. The van der Waals surface area contributed by atoms with Crippen LogP contribution in [0.4, 0.5) is 10.5 Å². The van der Waals surface area contributed by atoms with Crippen molar-refractivity contribution in [1.82, 2.24) is 4.90 Å². The zero-order valence-corrected chi connectivity index (χ0v) is 11.7. The molecule has 1 aromatic rings. The van der Waals surface area contributed by atoms with Crippen LogP contribution in [0.5, 0.6) is 0 Å². The number of rotatable bonds is 4. The van der Waals surface area contributed by atoms with E-state index < -0.39 is 12.0 Å². The lowest BCUT2D eigenvalue weighted by molar-refractivity contribution is -0.137. The Morgan fingerprint density at radius 2 is 1.95 bits per heavy atom. The van der Waals surface area contributed by atoms with Crippen molar-refractivity contribution in [3.05, 3.63) is 29.3 Å². The van der Waals surface area contributed by atoms with Crippen molar-refractivity contribution >= 4 is 17.7 Å². The number of carboxylic acids is 1. The molecule has 0 aliphatic rings. The summed E-state index contributed by atoms with van der Waals surface area (Å²) in [6, 6.07) is 5.17. The average Bonchev–Trinajstić information content (AvgIpc) is 2.30. The van der Waals surface area contributed by atoms with Crippen LogP contribution in [0.15, 0.2) is 18.2 Å². The molecule has 0 atom stereocenters. The molecule has 0 bridgehead atoms. The van der Waals surface area contributed by atoms with Gasteiger partial charge in [0.05, 0.1) is 0 Å². The zero-order valence-electron chi connectivity index (χ0n) is 11.7. The van der Waals surface area contributed by atoms with Gasteiger partial charge in [0.2, 0.25) is 0 Å². The summed E-state index contributed by atoms with van der Waals surface area (Å²) in [5.74, 6) is -1.02. The predicted molar refractivity (Wildman–Crippen MR) is 74.4 cm³/mol. The fourth-order valence-electron chi connectivity index (χ4n) is 1.69. The number of urea groups is 1. The third kappa shape index (κ3) is 4.28. The van der Waals surface area contributed by atoms with E-state index in [0.29, 0.717) is 5.69 Å². The number of carbonyl (C=O) groups is 2. The maximum absolute atomic E-state index is 12.1. The van der Waals surface area contributed by atoms with E-state index in [1.807, 2.05) is 32.0 Å². The molecule has 0 aromatic heterocycles. The van der Waals surface area contributed by atoms with Gasteiger partial charge in [0.15, 0.2) is 0 Å². The van der Waals surface area contributed by atoms with Crippen LogP contribution in [0.3, 0.4) is 0 Å². The van der Waals surface area contributed by atoms with Gasteiger partial charge in [-0.05, 0) is 44.9 Å². The maximum Gasteiger partial charge on any atom is 0.323 e. The number of hydrogen-bond donors (Lipinski definition) is 2. The van der Waals surface area contributed by atoms with Crippen molar-refractivity contribution in [3.63, 3.8) is 0 Å². The summed E-state index contributed by atoms with van der Waals surface area (Å²) in [6.07, 6.45) is 0. The fraction of sp³-hybridized carbons (Fsp3) is 0.429. The SMILES string of the molecule is Cc1ccc(C)c(NC(=O)N(CC(=O)O)C(C)C)c1. The van der Waals surface area contributed by atoms with Crippen LogP contribution in [-0.2, 0) is 4.79 Å². The highest BCUT2D eigenvalue weighted by molar-refractivity contribution is 5.92. The summed E-state index contributed by atoms with van der Waals surface area (Å²) < 4.78 is 0. The van der Waals surface area contributed by atoms with Crippen LogP contribution in [0.1, 0.15) is 25.0 Å². The number of carbonyl (C=O) groups excluding carboxylic acids is 1. The average molecular weight is 264 g/mol. The molecule has 5 heteroatoms. The van der Waals surface area contributed by atoms with Gasteiger partial charge in [0, 0.05) is 11.7 Å². The van der Waals surface area contributed by atoms with Crippen LogP contribution < -0.4 is 5.32 Å². The highest BCUT2D eigenvalue weighted by Gasteiger charge is 2.20. The molecule has 1 rings (SSSR count). The van der Waals surface area contributed by atoms with Gasteiger partial charge in [-0.1, -0.05) is 12.1 Å². The third-order valence-electron chi connectivity index (χ3n) is 2.82. The van der Waals surface area contributed by atoms with Crippen molar-refractivity contribution in [2.75, 3.05) is 11.9 Å². The molecule has 5 nitrogen and oxygen atoms in total. The molecule has 2 N–H and O–H groups in total. The Balaban J connectivity index is 2.87. The van der Waals surface area contributed by atoms with Crippen LogP contribution in [0.2, 0.25) is 0 Å². The molecular formula is C14H20N2O3. The van der Waals surface area contributed by atoms with E-state index in [2.05, 4.69) is 5.32 Å². The second-order valence-corrected chi connectivity index (χ2v) is 4.86. The molecule has 0 saturated heterocycles. The van der Waals surface area contributed by atoms with Gasteiger partial charge in [-0.15, -0.1) is 0 Å². The maximum atomic E-state index is 12.1. The summed E-state index contributed by atoms with van der Waals surface area (Å²) in [6.45, 7) is 7.09. The Kier molecular flexibility index (Phi) is 4.92. The Bertz CT molecular complexity index is 484. The molecule has 0 heterocycles. The quantitative estimate of drug-likeness (QED) is 0.878. The van der Waals surface area contributed by atoms with E-state index in [1.54, 1.807) is 13.8 Å². The number of aryl methyl sites for hydroxylation is 2. The van der Waals surface area contributed by atoms with Crippen LogP contribution in [-0.4, -0.2) is 34.6 Å². The fourth-order valence-corrected chi connectivity index (χ4v) is 1.69. The normalized spacial score (nSPS) is 10.4. The summed E-state index contributed by atoms with van der Waals surface area (Å²) in [7, 11) is 0. The highest BCUT2D eigenvalue weighted by atomic mass is 16.4. The number of nitrogens with one attached hydrogen (secondary N) is 1. The number of nitrogens with zero attached hydrogens (tertiary/aromatic N) is 1. The molecule has 0 aliphatic carbocycles. The van der Waals surface area contributed by atoms with Gasteiger partial charge in [0.1, 0.15) is 6.54 Å². The predicted octanol–water partition coefficient (Wildman–Crippen LogP) is 2.63. The molecule has 0 unspecified atom stereocenters. The molecule has 0 aliphatic heterocycles. The Morgan fingerprint density at radius 1 is 1.32 bits per heavy atom. The van der Waals surface area contributed by atoms with Gasteiger partial charge < -0.3 is 15.3 Å². The summed E-state index contributed by atoms with van der Waals surface area (Å²) >= 11 is 0. The van der Waals surface area contributed by atoms with Crippen molar-refractivity contribution in [3.8, 4) is 0 Å². The molecular weight excluding hydrogens is 244 g/mol. The molecule has 0 saturated carbocycles. The first-order valence-electron chi connectivity index (χ1n) is 6.18. The Hall–Kier alpha value is -2.04. The number of amides is 2. The van der Waals surface area contributed by atoms with Crippen molar-refractivity contribution in [1.29, 1.82) is 0 Å². The topological polar surface area (TPSA) is 69.6 Å². The first-order chi connectivity index (χ1) is 8.81. The number of hydrogen-bond acceptors (Lipinski definition) is 2. The molecule has 0 radical (unpaired) electrons. The van der Waals surface area contributed by atoms with E-state index in [0.717, 1.165) is 11.1 Å². The number of benzene rings is 1. The zero-order chi connectivity index (χ0) is 14.6. The van der Waals surface area contributed by atoms with Crippen LogP contribution in [0, 0.1) is 13.8 Å². The Labute approximate surface area is 113 Å². The number of aliphatic carboxylic acids is 1. The van der Waals surface area contributed by atoms with Crippen LogP contribution >= 0.6 is 0 Å². The van der Waals surface area contributed by atoms with Crippen molar-refractivity contribution in [2.24, 2.45) is 0 Å². The third-order valence-corrected chi connectivity index (χ3v) is 2.82. The van der Waals surface area contributed by atoms with E-state index in [1.165, 1.54) is 4.90 Å². The van der Waals surface area contributed by atoms with Crippen molar-refractivity contribution in [2.45, 2.75) is 33.7 Å². The molecule has 0 fully saturated rings. The van der Waals surface area contributed by atoms with E-state index in [9.17, 15) is 9.59 Å². The second-order valence-electron chi connectivity index (χ2n) is 4.86. The molecule has 2 amide bonds. The smallest absolute Gasteiger partial charge is 0.323 e. The number of anilines is 1. The molecule has 0 spiro atoms. The first-order valence-corrected chi connectivity index (χ1v) is 6.18. The lowest BCUT2D eigenvalue weighted by Gasteiger charge is -2.25. The molecule has 104 valence electrons. The minimum absolute atomic E-state index is 0.179. The summed E-state index contributed by atoms with van der Waals surface area (Å²) in [5, 5.41) is 11.6. The Morgan fingerprint density at radius 3 is 2.47 bits per heavy atom. The lowest BCUT2D eigenvalue weighted by Crippen LogP contribution is -2.43. The van der Waals surface area contributed by atoms with Gasteiger partial charge in [-0.25, -0.2) is 4.79 Å². The van der Waals surface area contributed by atoms with Gasteiger partial charge in [0.25, 0.3) is 0 Å². The minimum atomic E-state index is -1.02. The monoisotopic (exact) mass is 264 g/mol. The van der Waals surface area contributed by atoms with Crippen molar-refractivity contribution < 1.29 is 14.7 Å². The highest BCUT2D eigenvalue weighted by Crippen LogP contribution is 2.17.